The fraction of sp³-hybridized carbons (Fsp3) is 0.200. The summed E-state index contributed by atoms with van der Waals surface area (Å²) in [5.74, 6) is 0.616. The Morgan fingerprint density at radius 1 is 1.16 bits per heavy atom. The van der Waals surface area contributed by atoms with Crippen molar-refractivity contribution in [1.82, 2.24) is 4.98 Å². The summed E-state index contributed by atoms with van der Waals surface area (Å²) >= 11 is 3.44. The fourth-order valence-corrected chi connectivity index (χ4v) is 2.44. The highest BCUT2D eigenvalue weighted by Gasteiger charge is 2.09. The summed E-state index contributed by atoms with van der Waals surface area (Å²) in [6, 6.07) is 10.1. The van der Waals surface area contributed by atoms with Gasteiger partial charge in [0.25, 0.3) is 0 Å². The SMILES string of the molecule is Cc1cc(C)c(C#N)c(Nc2ccc(Br)cc2C)n1. The normalized spacial score (nSPS) is 10.1. The number of hydrogen-bond acceptors (Lipinski definition) is 3. The van der Waals surface area contributed by atoms with Crippen molar-refractivity contribution in [2.45, 2.75) is 20.8 Å². The Morgan fingerprint density at radius 3 is 2.53 bits per heavy atom. The number of hydrogen-bond donors (Lipinski definition) is 1. The molecular weight excluding hydrogens is 302 g/mol. The van der Waals surface area contributed by atoms with Crippen LogP contribution in [0.1, 0.15) is 22.4 Å². The third-order valence-electron chi connectivity index (χ3n) is 2.90. The second-order valence-electron chi connectivity index (χ2n) is 4.50. The first kappa shape index (κ1) is 13.6. The molecule has 0 spiro atoms. The molecule has 96 valence electrons. The molecule has 3 nitrogen and oxygen atoms in total. The number of aryl methyl sites for hydroxylation is 3. The lowest BCUT2D eigenvalue weighted by Gasteiger charge is -2.12. The highest BCUT2D eigenvalue weighted by atomic mass is 79.9. The maximum Gasteiger partial charge on any atom is 0.148 e. The maximum atomic E-state index is 9.24. The number of anilines is 2. The monoisotopic (exact) mass is 315 g/mol. The smallest absolute Gasteiger partial charge is 0.148 e. The van der Waals surface area contributed by atoms with Gasteiger partial charge in [-0.1, -0.05) is 15.9 Å². The molecule has 1 heterocycles. The Hall–Kier alpha value is -1.86. The van der Waals surface area contributed by atoms with Gasteiger partial charge in [0, 0.05) is 15.9 Å². The van der Waals surface area contributed by atoms with Crippen LogP contribution in [0.4, 0.5) is 11.5 Å². The second kappa shape index (κ2) is 5.41. The molecule has 0 aliphatic rings. The van der Waals surface area contributed by atoms with E-state index in [9.17, 15) is 5.26 Å². The Morgan fingerprint density at radius 2 is 1.89 bits per heavy atom. The van der Waals surface area contributed by atoms with Crippen LogP contribution in [-0.2, 0) is 0 Å². The molecule has 0 amide bonds. The minimum absolute atomic E-state index is 0.591. The first-order valence-corrected chi connectivity index (χ1v) is 6.72. The van der Waals surface area contributed by atoms with Crippen LogP contribution in [-0.4, -0.2) is 4.98 Å². The first-order chi connectivity index (χ1) is 9.01. The number of halogens is 1. The van der Waals surface area contributed by atoms with Gasteiger partial charge in [0.2, 0.25) is 0 Å². The summed E-state index contributed by atoms with van der Waals surface area (Å²) in [6.07, 6.45) is 0. The average molecular weight is 316 g/mol. The van der Waals surface area contributed by atoms with E-state index in [1.165, 1.54) is 0 Å². The van der Waals surface area contributed by atoms with Gasteiger partial charge in [-0.3, -0.25) is 0 Å². The first-order valence-electron chi connectivity index (χ1n) is 5.93. The highest BCUT2D eigenvalue weighted by Crippen LogP contribution is 2.26. The second-order valence-corrected chi connectivity index (χ2v) is 5.42. The Labute approximate surface area is 121 Å². The molecule has 1 aromatic heterocycles. The van der Waals surface area contributed by atoms with Crippen molar-refractivity contribution in [3.05, 3.63) is 51.1 Å². The summed E-state index contributed by atoms with van der Waals surface area (Å²) in [6.45, 7) is 5.86. The molecule has 0 saturated heterocycles. The zero-order chi connectivity index (χ0) is 14.0. The van der Waals surface area contributed by atoms with Crippen LogP contribution < -0.4 is 5.32 Å². The van der Waals surface area contributed by atoms with Gasteiger partial charge in [-0.25, -0.2) is 4.98 Å². The van der Waals surface area contributed by atoms with Gasteiger partial charge in [0.05, 0.1) is 5.56 Å². The molecule has 0 radical (unpaired) electrons. The lowest BCUT2D eigenvalue weighted by molar-refractivity contribution is 1.16. The number of nitrogens with zero attached hydrogens (tertiary/aromatic N) is 2. The van der Waals surface area contributed by atoms with E-state index in [1.807, 2.05) is 45.0 Å². The van der Waals surface area contributed by atoms with E-state index in [0.29, 0.717) is 11.4 Å². The molecule has 0 atom stereocenters. The number of pyridine rings is 1. The van der Waals surface area contributed by atoms with Crippen LogP contribution in [0.15, 0.2) is 28.7 Å². The topological polar surface area (TPSA) is 48.7 Å². The third-order valence-corrected chi connectivity index (χ3v) is 3.39. The summed E-state index contributed by atoms with van der Waals surface area (Å²) in [5.41, 5.74) is 4.48. The minimum atomic E-state index is 0.591. The van der Waals surface area contributed by atoms with Crippen molar-refractivity contribution in [2.75, 3.05) is 5.32 Å². The van der Waals surface area contributed by atoms with Crippen molar-refractivity contribution in [3.8, 4) is 6.07 Å². The Kier molecular flexibility index (Phi) is 3.87. The quantitative estimate of drug-likeness (QED) is 0.894. The summed E-state index contributed by atoms with van der Waals surface area (Å²) in [4.78, 5) is 4.42. The zero-order valence-electron chi connectivity index (χ0n) is 11.1. The Bertz CT molecular complexity index is 672. The molecule has 19 heavy (non-hydrogen) atoms. The predicted octanol–water partition coefficient (Wildman–Crippen LogP) is 4.38. The average Bonchev–Trinajstić information content (AvgIpc) is 2.32. The van der Waals surface area contributed by atoms with Gasteiger partial charge >= 0.3 is 0 Å². The van der Waals surface area contributed by atoms with E-state index < -0.39 is 0 Å². The lowest BCUT2D eigenvalue weighted by atomic mass is 10.1. The minimum Gasteiger partial charge on any atom is -0.339 e. The molecule has 0 aliphatic heterocycles. The summed E-state index contributed by atoms with van der Waals surface area (Å²) in [5, 5.41) is 12.5. The number of aromatic nitrogens is 1. The fourth-order valence-electron chi connectivity index (χ4n) is 1.96. The molecule has 2 rings (SSSR count). The highest BCUT2D eigenvalue weighted by molar-refractivity contribution is 9.10. The lowest BCUT2D eigenvalue weighted by Crippen LogP contribution is -2.01. The van der Waals surface area contributed by atoms with Crippen LogP contribution in [0, 0.1) is 32.1 Å². The number of nitriles is 1. The van der Waals surface area contributed by atoms with E-state index in [2.05, 4.69) is 32.3 Å². The van der Waals surface area contributed by atoms with E-state index in [1.54, 1.807) is 0 Å². The van der Waals surface area contributed by atoms with Crippen molar-refractivity contribution in [2.24, 2.45) is 0 Å². The Balaban J connectivity index is 2.46. The number of benzene rings is 1. The van der Waals surface area contributed by atoms with Crippen molar-refractivity contribution in [1.29, 1.82) is 5.26 Å². The van der Waals surface area contributed by atoms with Gasteiger partial charge < -0.3 is 5.32 Å². The largest absolute Gasteiger partial charge is 0.339 e. The van der Waals surface area contributed by atoms with E-state index in [0.717, 1.165) is 27.0 Å². The summed E-state index contributed by atoms with van der Waals surface area (Å²) < 4.78 is 1.03. The molecule has 1 N–H and O–H groups in total. The molecule has 0 aliphatic carbocycles. The molecule has 2 aromatic rings. The van der Waals surface area contributed by atoms with Crippen LogP contribution >= 0.6 is 15.9 Å². The van der Waals surface area contributed by atoms with Crippen LogP contribution in [0.25, 0.3) is 0 Å². The maximum absolute atomic E-state index is 9.24. The van der Waals surface area contributed by atoms with E-state index >= 15 is 0 Å². The van der Waals surface area contributed by atoms with Crippen molar-refractivity contribution < 1.29 is 0 Å². The van der Waals surface area contributed by atoms with Gasteiger partial charge in [0.15, 0.2) is 0 Å². The van der Waals surface area contributed by atoms with Crippen LogP contribution in [0.3, 0.4) is 0 Å². The molecule has 0 saturated carbocycles. The molecule has 0 fully saturated rings. The van der Waals surface area contributed by atoms with Crippen LogP contribution in [0.5, 0.6) is 0 Å². The zero-order valence-corrected chi connectivity index (χ0v) is 12.7. The van der Waals surface area contributed by atoms with Crippen molar-refractivity contribution in [3.63, 3.8) is 0 Å². The van der Waals surface area contributed by atoms with Crippen LogP contribution in [0.2, 0.25) is 0 Å². The predicted molar refractivity (Wildman–Crippen MR) is 80.6 cm³/mol. The third kappa shape index (κ3) is 2.94. The molecule has 0 bridgehead atoms. The van der Waals surface area contributed by atoms with E-state index in [-0.39, 0.29) is 0 Å². The number of rotatable bonds is 2. The van der Waals surface area contributed by atoms with Crippen molar-refractivity contribution >= 4 is 27.4 Å². The van der Waals surface area contributed by atoms with Gasteiger partial charge in [-0.2, -0.15) is 5.26 Å². The summed E-state index contributed by atoms with van der Waals surface area (Å²) in [7, 11) is 0. The van der Waals surface area contributed by atoms with Gasteiger partial charge in [0.1, 0.15) is 11.9 Å². The van der Waals surface area contributed by atoms with E-state index in [4.69, 9.17) is 0 Å². The number of nitrogens with one attached hydrogen (secondary N) is 1. The molecule has 1 aromatic carbocycles. The molecule has 0 unspecified atom stereocenters. The standard InChI is InChI=1S/C15H14BrN3/c1-9-6-11(3)18-15(13(9)8-17)19-14-5-4-12(16)7-10(14)2/h4-7H,1-3H3,(H,18,19). The molecule has 4 heteroatoms. The molecular formula is C15H14BrN3. The van der Waals surface area contributed by atoms with Gasteiger partial charge in [-0.05, 0) is 56.2 Å². The van der Waals surface area contributed by atoms with Gasteiger partial charge in [-0.15, -0.1) is 0 Å².